The van der Waals surface area contributed by atoms with Crippen LogP contribution in [0.2, 0.25) is 0 Å². The van der Waals surface area contributed by atoms with E-state index in [0.29, 0.717) is 32.0 Å². The number of para-hydroxylation sites is 1. The minimum absolute atomic E-state index is 0.00529. The van der Waals surface area contributed by atoms with Gasteiger partial charge in [0.15, 0.2) is 0 Å². The van der Waals surface area contributed by atoms with Crippen molar-refractivity contribution in [2.75, 3.05) is 39.1 Å². The number of hydrogen-bond donors (Lipinski definition) is 1. The quantitative estimate of drug-likeness (QED) is 0.839. The summed E-state index contributed by atoms with van der Waals surface area (Å²) in [6, 6.07) is 7.52. The second kappa shape index (κ2) is 7.74. The van der Waals surface area contributed by atoms with Gasteiger partial charge in [-0.05, 0) is 32.4 Å². The molecule has 0 aromatic heterocycles. The summed E-state index contributed by atoms with van der Waals surface area (Å²) in [5.74, 6) is -0.00529. The lowest BCUT2D eigenvalue weighted by molar-refractivity contribution is -0.131. The zero-order chi connectivity index (χ0) is 18.6. The van der Waals surface area contributed by atoms with E-state index in [1.54, 1.807) is 16.8 Å². The lowest BCUT2D eigenvalue weighted by atomic mass is 10.2. The summed E-state index contributed by atoms with van der Waals surface area (Å²) in [4.78, 5) is 29.7. The van der Waals surface area contributed by atoms with E-state index in [4.69, 9.17) is 10.5 Å². The number of ether oxygens (including phenoxy) is 1. The Bertz CT molecular complexity index is 627. The number of hydrogen-bond acceptors (Lipinski definition) is 5. The van der Waals surface area contributed by atoms with Crippen LogP contribution in [0, 0.1) is 0 Å². The first-order chi connectivity index (χ1) is 11.7. The topological polar surface area (TPSA) is 79.1 Å². The van der Waals surface area contributed by atoms with E-state index in [2.05, 4.69) is 0 Å². The van der Waals surface area contributed by atoms with Crippen LogP contribution in [-0.2, 0) is 16.1 Å². The molecule has 7 heteroatoms. The molecule has 1 saturated heterocycles. The van der Waals surface area contributed by atoms with Crippen molar-refractivity contribution < 1.29 is 14.3 Å². The number of nitrogens with zero attached hydrogens (tertiary/aromatic N) is 3. The number of rotatable bonds is 4. The molecule has 0 aliphatic carbocycles. The van der Waals surface area contributed by atoms with Crippen LogP contribution in [0.4, 0.5) is 10.5 Å². The first-order valence-corrected chi connectivity index (χ1v) is 8.43. The number of nitrogens with two attached hydrogens (primary N) is 1. The van der Waals surface area contributed by atoms with Crippen LogP contribution >= 0.6 is 0 Å². The number of carbonyl (C=O) groups excluding carboxylic acids is 2. The molecule has 0 radical (unpaired) electrons. The van der Waals surface area contributed by atoms with E-state index in [1.165, 1.54) is 0 Å². The minimum atomic E-state index is -0.518. The maximum Gasteiger partial charge on any atom is 0.411 e. The van der Waals surface area contributed by atoms with Crippen molar-refractivity contribution in [3.05, 3.63) is 29.8 Å². The van der Waals surface area contributed by atoms with Crippen LogP contribution in [0.3, 0.4) is 0 Å². The highest BCUT2D eigenvalue weighted by molar-refractivity contribution is 5.78. The Morgan fingerprint density at radius 3 is 2.56 bits per heavy atom. The van der Waals surface area contributed by atoms with Crippen molar-refractivity contribution in [2.24, 2.45) is 0 Å². The van der Waals surface area contributed by atoms with Gasteiger partial charge in [0.1, 0.15) is 5.60 Å². The third kappa shape index (κ3) is 5.63. The lowest BCUT2D eigenvalue weighted by Gasteiger charge is -2.25. The number of likely N-dealkylation sites (N-methyl/N-ethyl adjacent to an activating group) is 1. The van der Waals surface area contributed by atoms with E-state index in [-0.39, 0.29) is 18.5 Å². The Balaban J connectivity index is 1.83. The summed E-state index contributed by atoms with van der Waals surface area (Å²) in [6.07, 6.45) is -0.340. The van der Waals surface area contributed by atoms with Gasteiger partial charge in [-0.25, -0.2) is 4.79 Å². The summed E-state index contributed by atoms with van der Waals surface area (Å²) >= 11 is 0. The average molecular weight is 348 g/mol. The summed E-state index contributed by atoms with van der Waals surface area (Å²) in [7, 11) is 1.76. The standard InChI is InChI=1S/C18H28N4O3/c1-18(2,3)25-17(24)22-10-9-21(13-22)12-16(23)20(4)11-14-7-5-6-8-15(14)19/h5-8H,9-13,19H2,1-4H3. The Morgan fingerprint density at radius 1 is 1.24 bits per heavy atom. The molecule has 138 valence electrons. The molecule has 0 unspecified atom stereocenters. The Hall–Kier alpha value is -2.28. The number of benzene rings is 1. The molecule has 1 aromatic rings. The molecule has 0 atom stereocenters. The van der Waals surface area contributed by atoms with E-state index in [9.17, 15) is 9.59 Å². The normalized spacial score (nSPS) is 15.3. The monoisotopic (exact) mass is 348 g/mol. The maximum atomic E-state index is 12.4. The van der Waals surface area contributed by atoms with Crippen LogP contribution in [0.5, 0.6) is 0 Å². The van der Waals surface area contributed by atoms with Gasteiger partial charge in [0.25, 0.3) is 0 Å². The van der Waals surface area contributed by atoms with Gasteiger partial charge in [-0.1, -0.05) is 18.2 Å². The Labute approximate surface area is 149 Å². The van der Waals surface area contributed by atoms with Crippen LogP contribution in [-0.4, -0.2) is 65.7 Å². The molecule has 0 saturated carbocycles. The first kappa shape index (κ1) is 19.1. The number of amides is 2. The molecule has 2 N–H and O–H groups in total. The highest BCUT2D eigenvalue weighted by atomic mass is 16.6. The van der Waals surface area contributed by atoms with Gasteiger partial charge in [-0.2, -0.15) is 0 Å². The molecule has 2 amide bonds. The molecule has 1 heterocycles. The Morgan fingerprint density at radius 2 is 1.92 bits per heavy atom. The number of nitrogen functional groups attached to an aromatic ring is 1. The number of anilines is 1. The summed E-state index contributed by atoms with van der Waals surface area (Å²) in [5, 5.41) is 0. The van der Waals surface area contributed by atoms with Crippen molar-refractivity contribution in [1.82, 2.24) is 14.7 Å². The molecular weight excluding hydrogens is 320 g/mol. The van der Waals surface area contributed by atoms with Crippen molar-refractivity contribution >= 4 is 17.7 Å². The van der Waals surface area contributed by atoms with Crippen molar-refractivity contribution in [3.63, 3.8) is 0 Å². The third-order valence-electron chi connectivity index (χ3n) is 3.96. The van der Waals surface area contributed by atoms with Gasteiger partial charge in [0.2, 0.25) is 5.91 Å². The van der Waals surface area contributed by atoms with Gasteiger partial charge >= 0.3 is 6.09 Å². The third-order valence-corrected chi connectivity index (χ3v) is 3.96. The van der Waals surface area contributed by atoms with Crippen molar-refractivity contribution in [3.8, 4) is 0 Å². The maximum absolute atomic E-state index is 12.4. The van der Waals surface area contributed by atoms with Crippen molar-refractivity contribution in [1.29, 1.82) is 0 Å². The second-order valence-corrected chi connectivity index (χ2v) is 7.39. The SMILES string of the molecule is CN(Cc1ccccc1N)C(=O)CN1CCN(C(=O)OC(C)(C)C)C1. The summed E-state index contributed by atoms with van der Waals surface area (Å²) in [5.41, 5.74) is 7.02. The molecule has 0 spiro atoms. The summed E-state index contributed by atoms with van der Waals surface area (Å²) in [6.45, 7) is 7.88. The van der Waals surface area contributed by atoms with Crippen LogP contribution < -0.4 is 5.73 Å². The van der Waals surface area contributed by atoms with Gasteiger partial charge in [0, 0.05) is 32.4 Å². The van der Waals surface area contributed by atoms with Crippen LogP contribution in [0.1, 0.15) is 26.3 Å². The van der Waals surface area contributed by atoms with E-state index in [1.807, 2.05) is 49.9 Å². The van der Waals surface area contributed by atoms with Gasteiger partial charge in [-0.3, -0.25) is 14.6 Å². The minimum Gasteiger partial charge on any atom is -0.444 e. The molecule has 1 aliphatic rings. The fourth-order valence-corrected chi connectivity index (χ4v) is 2.58. The first-order valence-electron chi connectivity index (χ1n) is 8.43. The van der Waals surface area contributed by atoms with E-state index in [0.717, 1.165) is 5.56 Å². The Kier molecular flexibility index (Phi) is 5.89. The predicted octanol–water partition coefficient (Wildman–Crippen LogP) is 1.74. The zero-order valence-corrected chi connectivity index (χ0v) is 15.5. The molecule has 0 bridgehead atoms. The molecule has 25 heavy (non-hydrogen) atoms. The highest BCUT2D eigenvalue weighted by Crippen LogP contribution is 2.15. The van der Waals surface area contributed by atoms with Gasteiger partial charge in [0.05, 0.1) is 13.2 Å². The predicted molar refractivity (Wildman–Crippen MR) is 96.7 cm³/mol. The highest BCUT2D eigenvalue weighted by Gasteiger charge is 2.29. The molecule has 1 aromatic carbocycles. The number of carbonyl (C=O) groups is 2. The zero-order valence-electron chi connectivity index (χ0n) is 15.5. The van der Waals surface area contributed by atoms with E-state index < -0.39 is 5.60 Å². The fraction of sp³-hybridized carbons (Fsp3) is 0.556. The van der Waals surface area contributed by atoms with Crippen LogP contribution in [0.25, 0.3) is 0 Å². The van der Waals surface area contributed by atoms with Gasteiger partial charge in [-0.15, -0.1) is 0 Å². The molecule has 1 fully saturated rings. The van der Waals surface area contributed by atoms with Crippen LogP contribution in [0.15, 0.2) is 24.3 Å². The smallest absolute Gasteiger partial charge is 0.411 e. The fourth-order valence-electron chi connectivity index (χ4n) is 2.58. The van der Waals surface area contributed by atoms with Crippen molar-refractivity contribution in [2.45, 2.75) is 32.9 Å². The second-order valence-electron chi connectivity index (χ2n) is 7.39. The van der Waals surface area contributed by atoms with E-state index >= 15 is 0 Å². The largest absolute Gasteiger partial charge is 0.444 e. The molecule has 1 aliphatic heterocycles. The summed E-state index contributed by atoms with van der Waals surface area (Å²) < 4.78 is 5.37. The molecular formula is C18H28N4O3. The average Bonchev–Trinajstić information content (AvgIpc) is 2.96. The van der Waals surface area contributed by atoms with Gasteiger partial charge < -0.3 is 15.4 Å². The lowest BCUT2D eigenvalue weighted by Crippen LogP contribution is -2.40. The molecule has 7 nitrogen and oxygen atoms in total. The molecule has 2 rings (SSSR count).